The van der Waals surface area contributed by atoms with Crippen molar-refractivity contribution in [2.24, 2.45) is 0 Å². The maximum absolute atomic E-state index is 12.6. The lowest BCUT2D eigenvalue weighted by Gasteiger charge is -2.13. The third kappa shape index (κ3) is 3.25. The van der Waals surface area contributed by atoms with Crippen molar-refractivity contribution < 1.29 is 19.4 Å². The van der Waals surface area contributed by atoms with E-state index in [-0.39, 0.29) is 5.56 Å². The Labute approximate surface area is 140 Å². The van der Waals surface area contributed by atoms with Crippen LogP contribution in [0.4, 0.5) is 5.69 Å². The Hall–Kier alpha value is -2.82. The van der Waals surface area contributed by atoms with Crippen molar-refractivity contribution >= 4 is 17.6 Å². The number of aromatic carboxylic acids is 1. The first-order valence-corrected chi connectivity index (χ1v) is 8.02. The highest BCUT2D eigenvalue weighted by Crippen LogP contribution is 2.28. The summed E-state index contributed by atoms with van der Waals surface area (Å²) in [5, 5.41) is 9.38. The molecule has 0 atom stereocenters. The van der Waals surface area contributed by atoms with Gasteiger partial charge < -0.3 is 15.6 Å². The standard InChI is InChI=1S/C19H19NO4/c20-13-9-10-14-12(11-13)5-2-1-3-6-15-16(18(21)22)7-4-8-17(15)24-19(14)23/h4,7-11H,1-3,5-6,20H2,(H,21,22). The van der Waals surface area contributed by atoms with E-state index < -0.39 is 11.9 Å². The molecule has 0 aliphatic carbocycles. The Bertz CT molecular complexity index is 798. The number of hydrogen-bond donors (Lipinski definition) is 2. The lowest BCUT2D eigenvalue weighted by molar-refractivity contribution is 0.0685. The summed E-state index contributed by atoms with van der Waals surface area (Å²) in [6.45, 7) is 0. The number of anilines is 1. The number of ether oxygens (including phenoxy) is 1. The third-order valence-electron chi connectivity index (χ3n) is 4.29. The van der Waals surface area contributed by atoms with Crippen molar-refractivity contribution in [1.29, 1.82) is 0 Å². The minimum Gasteiger partial charge on any atom is -0.478 e. The molecule has 0 amide bonds. The van der Waals surface area contributed by atoms with Gasteiger partial charge >= 0.3 is 11.9 Å². The van der Waals surface area contributed by atoms with Crippen LogP contribution in [-0.2, 0) is 12.8 Å². The topological polar surface area (TPSA) is 89.6 Å². The Morgan fingerprint density at radius 1 is 1.08 bits per heavy atom. The molecule has 0 spiro atoms. The molecule has 5 nitrogen and oxygen atoms in total. The quantitative estimate of drug-likeness (QED) is 0.476. The highest BCUT2D eigenvalue weighted by atomic mass is 16.5. The molecule has 1 heterocycles. The van der Waals surface area contributed by atoms with Gasteiger partial charge in [0.2, 0.25) is 0 Å². The first-order chi connectivity index (χ1) is 11.6. The minimum absolute atomic E-state index is 0.192. The summed E-state index contributed by atoms with van der Waals surface area (Å²) in [7, 11) is 0. The van der Waals surface area contributed by atoms with Crippen molar-refractivity contribution in [2.75, 3.05) is 5.73 Å². The number of carbonyl (C=O) groups is 2. The summed E-state index contributed by atoms with van der Waals surface area (Å²) >= 11 is 0. The number of carbonyl (C=O) groups excluding carboxylic acids is 1. The van der Waals surface area contributed by atoms with Gasteiger partial charge in [0.1, 0.15) is 5.75 Å². The van der Waals surface area contributed by atoms with Crippen LogP contribution in [0.15, 0.2) is 36.4 Å². The van der Waals surface area contributed by atoms with E-state index in [1.54, 1.807) is 30.3 Å². The molecule has 1 aliphatic rings. The van der Waals surface area contributed by atoms with Crippen LogP contribution in [0.5, 0.6) is 5.75 Å². The number of carboxylic acid groups (broad SMARTS) is 1. The average molecular weight is 325 g/mol. The lowest BCUT2D eigenvalue weighted by Crippen LogP contribution is -2.14. The number of rotatable bonds is 1. The van der Waals surface area contributed by atoms with Crippen molar-refractivity contribution in [3.05, 3.63) is 58.7 Å². The minimum atomic E-state index is -1.01. The molecular weight excluding hydrogens is 306 g/mol. The number of carboxylic acids is 1. The van der Waals surface area contributed by atoms with Gasteiger partial charge in [-0.05, 0) is 61.6 Å². The van der Waals surface area contributed by atoms with Gasteiger partial charge in [-0.2, -0.15) is 0 Å². The molecule has 0 bridgehead atoms. The molecule has 1 aliphatic heterocycles. The summed E-state index contributed by atoms with van der Waals surface area (Å²) in [5.74, 6) is -1.16. The van der Waals surface area contributed by atoms with Crippen LogP contribution in [0.2, 0.25) is 0 Å². The Morgan fingerprint density at radius 3 is 2.67 bits per heavy atom. The molecule has 0 aromatic heterocycles. The largest absolute Gasteiger partial charge is 0.478 e. The second-order valence-corrected chi connectivity index (χ2v) is 5.95. The van der Waals surface area contributed by atoms with Gasteiger partial charge in [-0.15, -0.1) is 0 Å². The van der Waals surface area contributed by atoms with Crippen molar-refractivity contribution in [2.45, 2.75) is 32.1 Å². The van der Waals surface area contributed by atoms with Gasteiger partial charge in [-0.25, -0.2) is 9.59 Å². The fourth-order valence-electron chi connectivity index (χ4n) is 3.09. The Kier molecular flexibility index (Phi) is 4.51. The zero-order valence-corrected chi connectivity index (χ0v) is 13.2. The zero-order valence-electron chi connectivity index (χ0n) is 13.2. The van der Waals surface area contributed by atoms with E-state index >= 15 is 0 Å². The maximum atomic E-state index is 12.6. The fraction of sp³-hybridized carbons (Fsp3) is 0.263. The number of esters is 1. The van der Waals surface area contributed by atoms with Crippen LogP contribution in [-0.4, -0.2) is 17.0 Å². The van der Waals surface area contributed by atoms with E-state index in [0.717, 1.165) is 31.2 Å². The van der Waals surface area contributed by atoms with E-state index in [9.17, 15) is 14.7 Å². The SMILES string of the molecule is Nc1ccc2c(c1)CCCCCc1c(cccc1C(=O)O)OC2=O. The van der Waals surface area contributed by atoms with E-state index in [0.29, 0.717) is 29.0 Å². The first kappa shape index (κ1) is 16.1. The summed E-state index contributed by atoms with van der Waals surface area (Å²) in [4.78, 5) is 24.0. The van der Waals surface area contributed by atoms with E-state index in [1.165, 1.54) is 0 Å². The van der Waals surface area contributed by atoms with Gasteiger partial charge in [-0.1, -0.05) is 12.5 Å². The molecule has 24 heavy (non-hydrogen) atoms. The molecule has 0 radical (unpaired) electrons. The monoisotopic (exact) mass is 325 g/mol. The number of fused-ring (bicyclic) bond motifs is 2. The first-order valence-electron chi connectivity index (χ1n) is 8.02. The highest BCUT2D eigenvalue weighted by Gasteiger charge is 2.20. The number of nitrogens with two attached hydrogens (primary N) is 1. The lowest BCUT2D eigenvalue weighted by atomic mass is 9.98. The zero-order chi connectivity index (χ0) is 17.1. The fourth-order valence-corrected chi connectivity index (χ4v) is 3.09. The van der Waals surface area contributed by atoms with Crippen LogP contribution >= 0.6 is 0 Å². The molecule has 2 aromatic carbocycles. The molecular formula is C19H19NO4. The number of hydrogen-bond acceptors (Lipinski definition) is 4. The van der Waals surface area contributed by atoms with E-state index in [1.807, 2.05) is 6.07 Å². The maximum Gasteiger partial charge on any atom is 0.343 e. The van der Waals surface area contributed by atoms with Gasteiger partial charge in [0.05, 0.1) is 11.1 Å². The summed E-state index contributed by atoms with van der Waals surface area (Å²) in [6.07, 6.45) is 4.01. The van der Waals surface area contributed by atoms with Crippen LogP contribution in [0.25, 0.3) is 0 Å². The Balaban J connectivity index is 2.05. The molecule has 0 fully saturated rings. The predicted octanol–water partition coefficient (Wildman–Crippen LogP) is 3.46. The molecule has 0 saturated heterocycles. The van der Waals surface area contributed by atoms with Gasteiger partial charge in [0, 0.05) is 11.3 Å². The van der Waals surface area contributed by atoms with Crippen molar-refractivity contribution in [3.63, 3.8) is 0 Å². The molecule has 0 unspecified atom stereocenters. The molecule has 3 rings (SSSR count). The van der Waals surface area contributed by atoms with Crippen LogP contribution in [0.1, 0.15) is 51.1 Å². The molecule has 2 aromatic rings. The van der Waals surface area contributed by atoms with E-state index in [4.69, 9.17) is 10.5 Å². The van der Waals surface area contributed by atoms with Crippen LogP contribution < -0.4 is 10.5 Å². The number of nitrogen functional groups attached to an aromatic ring is 1. The van der Waals surface area contributed by atoms with Gasteiger partial charge in [0.15, 0.2) is 0 Å². The van der Waals surface area contributed by atoms with Crippen molar-refractivity contribution in [3.8, 4) is 5.75 Å². The second-order valence-electron chi connectivity index (χ2n) is 5.95. The number of benzene rings is 2. The normalized spacial score (nSPS) is 14.8. The second kappa shape index (κ2) is 6.74. The van der Waals surface area contributed by atoms with Crippen LogP contribution in [0.3, 0.4) is 0 Å². The molecule has 5 heteroatoms. The summed E-state index contributed by atoms with van der Waals surface area (Å²) < 4.78 is 5.54. The van der Waals surface area contributed by atoms with Crippen LogP contribution in [0, 0.1) is 0 Å². The molecule has 124 valence electrons. The molecule has 3 N–H and O–H groups in total. The third-order valence-corrected chi connectivity index (χ3v) is 4.29. The highest BCUT2D eigenvalue weighted by molar-refractivity contribution is 5.94. The Morgan fingerprint density at radius 2 is 1.88 bits per heavy atom. The predicted molar refractivity (Wildman–Crippen MR) is 90.5 cm³/mol. The molecule has 0 saturated carbocycles. The average Bonchev–Trinajstić information content (AvgIpc) is 2.57. The number of aryl methyl sites for hydroxylation is 1. The van der Waals surface area contributed by atoms with Crippen molar-refractivity contribution in [1.82, 2.24) is 0 Å². The smallest absolute Gasteiger partial charge is 0.343 e. The van der Waals surface area contributed by atoms with Gasteiger partial charge in [0.25, 0.3) is 0 Å². The van der Waals surface area contributed by atoms with E-state index in [2.05, 4.69) is 0 Å². The summed E-state index contributed by atoms with van der Waals surface area (Å²) in [5.41, 5.74) is 8.58. The van der Waals surface area contributed by atoms with Gasteiger partial charge in [-0.3, -0.25) is 0 Å². The summed E-state index contributed by atoms with van der Waals surface area (Å²) in [6, 6.07) is 9.94.